The van der Waals surface area contributed by atoms with Crippen LogP contribution in [0.15, 0.2) is 24.3 Å². The van der Waals surface area contributed by atoms with Crippen molar-refractivity contribution in [2.45, 2.75) is 26.8 Å². The second kappa shape index (κ2) is 8.59. The van der Waals surface area contributed by atoms with Crippen molar-refractivity contribution < 1.29 is 14.3 Å². The predicted molar refractivity (Wildman–Crippen MR) is 79.7 cm³/mol. The first-order valence-corrected chi connectivity index (χ1v) is 6.97. The fourth-order valence-electron chi connectivity index (χ4n) is 2.13. The van der Waals surface area contributed by atoms with E-state index in [1.165, 1.54) is 12.7 Å². The van der Waals surface area contributed by atoms with Crippen molar-refractivity contribution in [1.29, 1.82) is 0 Å². The Bertz CT molecular complexity index is 418. The Morgan fingerprint density at radius 2 is 2.05 bits per heavy atom. The smallest absolute Gasteiger partial charge is 0.306 e. The third-order valence-corrected chi connectivity index (χ3v) is 3.02. The lowest BCUT2D eigenvalue weighted by atomic mass is 10.1. The Kier molecular flexibility index (Phi) is 7.09. The van der Waals surface area contributed by atoms with Crippen LogP contribution in [0, 0.1) is 5.92 Å². The molecule has 0 aliphatic carbocycles. The van der Waals surface area contributed by atoms with Crippen LogP contribution in [-0.2, 0) is 16.1 Å². The molecule has 0 saturated heterocycles. The summed E-state index contributed by atoms with van der Waals surface area (Å²) in [5, 5.41) is 0. The molecule has 0 aromatic heterocycles. The molecule has 0 saturated carbocycles. The predicted octanol–water partition coefficient (Wildman–Crippen LogP) is 2.72. The molecule has 0 atom stereocenters. The fraction of sp³-hybridized carbons (Fsp3) is 0.562. The summed E-state index contributed by atoms with van der Waals surface area (Å²) < 4.78 is 9.95. The van der Waals surface area contributed by atoms with E-state index in [0.29, 0.717) is 18.9 Å². The number of methoxy groups -OCH3 is 2. The molecule has 112 valence electrons. The molecule has 0 aliphatic heterocycles. The molecular weight excluding hydrogens is 254 g/mol. The Hall–Kier alpha value is -1.55. The second-order valence-corrected chi connectivity index (χ2v) is 5.31. The van der Waals surface area contributed by atoms with E-state index in [1.54, 1.807) is 7.11 Å². The number of benzene rings is 1. The Morgan fingerprint density at radius 1 is 1.30 bits per heavy atom. The van der Waals surface area contributed by atoms with E-state index < -0.39 is 0 Å². The number of esters is 1. The van der Waals surface area contributed by atoms with Crippen molar-refractivity contribution in [3.8, 4) is 5.75 Å². The van der Waals surface area contributed by atoms with E-state index in [-0.39, 0.29) is 5.97 Å². The average Bonchev–Trinajstić information content (AvgIpc) is 2.44. The first-order valence-electron chi connectivity index (χ1n) is 6.97. The third-order valence-electron chi connectivity index (χ3n) is 3.02. The summed E-state index contributed by atoms with van der Waals surface area (Å²) >= 11 is 0. The summed E-state index contributed by atoms with van der Waals surface area (Å²) in [6.45, 7) is 6.83. The van der Waals surface area contributed by atoms with E-state index in [2.05, 4.69) is 24.8 Å². The molecule has 0 amide bonds. The van der Waals surface area contributed by atoms with Gasteiger partial charge in [-0.1, -0.05) is 26.0 Å². The van der Waals surface area contributed by atoms with Gasteiger partial charge in [0.15, 0.2) is 0 Å². The standard InChI is InChI=1S/C16H25NO3/c1-13(2)11-17(9-8-16(18)20-4)12-14-6-5-7-15(10-14)19-3/h5-7,10,13H,8-9,11-12H2,1-4H3. The number of nitrogens with zero attached hydrogens (tertiary/aromatic N) is 1. The minimum absolute atomic E-state index is 0.163. The van der Waals surface area contributed by atoms with Crippen LogP contribution in [0.4, 0.5) is 0 Å². The summed E-state index contributed by atoms with van der Waals surface area (Å²) in [7, 11) is 3.10. The highest BCUT2D eigenvalue weighted by Crippen LogP contribution is 2.15. The number of rotatable bonds is 8. The quantitative estimate of drug-likeness (QED) is 0.686. The zero-order valence-electron chi connectivity index (χ0n) is 12.9. The Balaban J connectivity index is 2.64. The molecule has 0 heterocycles. The first kappa shape index (κ1) is 16.5. The second-order valence-electron chi connectivity index (χ2n) is 5.31. The van der Waals surface area contributed by atoms with E-state index in [1.807, 2.05) is 18.2 Å². The van der Waals surface area contributed by atoms with Crippen LogP contribution in [0.2, 0.25) is 0 Å². The molecule has 4 heteroatoms. The largest absolute Gasteiger partial charge is 0.497 e. The van der Waals surface area contributed by atoms with E-state index >= 15 is 0 Å². The van der Waals surface area contributed by atoms with E-state index in [0.717, 1.165) is 18.8 Å². The summed E-state index contributed by atoms with van der Waals surface area (Å²) in [6.07, 6.45) is 0.424. The number of carbonyl (C=O) groups is 1. The third kappa shape index (κ3) is 6.06. The van der Waals surface area contributed by atoms with Gasteiger partial charge in [0.1, 0.15) is 5.75 Å². The molecule has 4 nitrogen and oxygen atoms in total. The van der Waals surface area contributed by atoms with Crippen LogP contribution in [-0.4, -0.2) is 38.2 Å². The number of carbonyl (C=O) groups excluding carboxylic acids is 1. The van der Waals surface area contributed by atoms with Crippen molar-refractivity contribution >= 4 is 5.97 Å². The first-order chi connectivity index (χ1) is 9.55. The lowest BCUT2D eigenvalue weighted by Crippen LogP contribution is -2.30. The fourth-order valence-corrected chi connectivity index (χ4v) is 2.13. The maximum absolute atomic E-state index is 11.3. The van der Waals surface area contributed by atoms with E-state index in [4.69, 9.17) is 9.47 Å². The topological polar surface area (TPSA) is 38.8 Å². The van der Waals surface area contributed by atoms with Gasteiger partial charge in [-0.05, 0) is 23.6 Å². The molecule has 0 unspecified atom stereocenters. The summed E-state index contributed by atoms with van der Waals surface area (Å²) in [5.74, 6) is 1.25. The van der Waals surface area contributed by atoms with Gasteiger partial charge in [-0.15, -0.1) is 0 Å². The SMILES string of the molecule is COC(=O)CCN(Cc1cccc(OC)c1)CC(C)C. The Morgan fingerprint density at radius 3 is 2.65 bits per heavy atom. The highest BCUT2D eigenvalue weighted by molar-refractivity contribution is 5.69. The molecular formula is C16H25NO3. The minimum atomic E-state index is -0.163. The monoisotopic (exact) mass is 279 g/mol. The van der Waals surface area contributed by atoms with Gasteiger partial charge < -0.3 is 9.47 Å². The van der Waals surface area contributed by atoms with Crippen LogP contribution < -0.4 is 4.74 Å². The molecule has 1 aromatic rings. The maximum Gasteiger partial charge on any atom is 0.306 e. The molecule has 0 spiro atoms. The lowest BCUT2D eigenvalue weighted by Gasteiger charge is -2.24. The van der Waals surface area contributed by atoms with Gasteiger partial charge in [-0.25, -0.2) is 0 Å². The van der Waals surface area contributed by atoms with Crippen molar-refractivity contribution in [1.82, 2.24) is 4.90 Å². The van der Waals surface area contributed by atoms with Gasteiger partial charge >= 0.3 is 5.97 Å². The van der Waals surface area contributed by atoms with Gasteiger partial charge in [0, 0.05) is 19.6 Å². The van der Waals surface area contributed by atoms with Crippen LogP contribution in [0.25, 0.3) is 0 Å². The van der Waals surface area contributed by atoms with Crippen molar-refractivity contribution in [2.75, 3.05) is 27.3 Å². The van der Waals surface area contributed by atoms with Crippen molar-refractivity contribution in [3.05, 3.63) is 29.8 Å². The molecule has 0 bridgehead atoms. The lowest BCUT2D eigenvalue weighted by molar-refractivity contribution is -0.141. The number of hydrogen-bond donors (Lipinski definition) is 0. The van der Waals surface area contributed by atoms with Crippen LogP contribution in [0.1, 0.15) is 25.8 Å². The molecule has 1 rings (SSSR count). The van der Waals surface area contributed by atoms with Crippen molar-refractivity contribution in [2.24, 2.45) is 5.92 Å². The molecule has 0 aliphatic rings. The molecule has 0 radical (unpaired) electrons. The average molecular weight is 279 g/mol. The molecule has 0 fully saturated rings. The van der Waals surface area contributed by atoms with Gasteiger partial charge in [0.05, 0.1) is 20.6 Å². The van der Waals surface area contributed by atoms with E-state index in [9.17, 15) is 4.79 Å². The summed E-state index contributed by atoms with van der Waals surface area (Å²) in [5.41, 5.74) is 1.19. The molecule has 20 heavy (non-hydrogen) atoms. The van der Waals surface area contributed by atoms with Crippen LogP contribution >= 0.6 is 0 Å². The highest BCUT2D eigenvalue weighted by atomic mass is 16.5. The van der Waals surface area contributed by atoms with Crippen molar-refractivity contribution in [3.63, 3.8) is 0 Å². The normalized spacial score (nSPS) is 10.9. The minimum Gasteiger partial charge on any atom is -0.497 e. The Labute approximate surface area is 121 Å². The molecule has 1 aromatic carbocycles. The highest BCUT2D eigenvalue weighted by Gasteiger charge is 2.11. The summed E-state index contributed by atoms with van der Waals surface area (Å²) in [6, 6.07) is 8.03. The zero-order valence-corrected chi connectivity index (χ0v) is 12.9. The number of ether oxygens (including phenoxy) is 2. The number of hydrogen-bond acceptors (Lipinski definition) is 4. The van der Waals surface area contributed by atoms with Gasteiger partial charge in [-0.3, -0.25) is 9.69 Å². The van der Waals surface area contributed by atoms with Gasteiger partial charge in [0.2, 0.25) is 0 Å². The van der Waals surface area contributed by atoms with Gasteiger partial charge in [0.25, 0.3) is 0 Å². The van der Waals surface area contributed by atoms with Crippen LogP contribution in [0.5, 0.6) is 5.75 Å². The summed E-state index contributed by atoms with van der Waals surface area (Å²) in [4.78, 5) is 13.6. The zero-order chi connectivity index (χ0) is 15.0. The van der Waals surface area contributed by atoms with Crippen LogP contribution in [0.3, 0.4) is 0 Å². The van der Waals surface area contributed by atoms with Gasteiger partial charge in [-0.2, -0.15) is 0 Å². The maximum atomic E-state index is 11.3. The molecule has 0 N–H and O–H groups in total.